The first-order valence-corrected chi connectivity index (χ1v) is 15.1. The molecule has 0 spiro atoms. The van der Waals surface area contributed by atoms with Crippen molar-refractivity contribution in [2.24, 2.45) is 0 Å². The van der Waals surface area contributed by atoms with Crippen molar-refractivity contribution in [2.45, 2.75) is 24.5 Å². The van der Waals surface area contributed by atoms with Gasteiger partial charge in [-0.3, -0.25) is 9.36 Å². The van der Waals surface area contributed by atoms with Crippen molar-refractivity contribution in [1.29, 1.82) is 0 Å². The maximum Gasteiger partial charge on any atom is 0.233 e. The van der Waals surface area contributed by atoms with Crippen molar-refractivity contribution in [3.05, 3.63) is 120 Å². The third-order valence-corrected chi connectivity index (χ3v) is 8.31. The Bertz CT molecular complexity index is 1710. The molecule has 0 saturated heterocycles. The molecule has 0 atom stereocenters. The van der Waals surface area contributed by atoms with Crippen LogP contribution in [-0.4, -0.2) is 52.1 Å². The first-order valence-electron chi connectivity index (χ1n) is 14.1. The van der Waals surface area contributed by atoms with E-state index in [1.54, 1.807) is 14.2 Å². The van der Waals surface area contributed by atoms with Crippen LogP contribution in [-0.2, 0) is 24.2 Å². The van der Waals surface area contributed by atoms with Gasteiger partial charge in [0, 0.05) is 25.2 Å². The van der Waals surface area contributed by atoms with E-state index < -0.39 is 0 Å². The molecule has 1 aliphatic heterocycles. The number of nitrogens with zero attached hydrogens (tertiary/aromatic N) is 4. The van der Waals surface area contributed by atoms with E-state index in [4.69, 9.17) is 14.2 Å². The predicted octanol–water partition coefficient (Wildman–Crippen LogP) is 6.34. The molecule has 1 amide bonds. The molecule has 5 aromatic rings. The zero-order valence-corrected chi connectivity index (χ0v) is 24.9. The Kier molecular flexibility index (Phi) is 8.60. The lowest BCUT2D eigenvalue weighted by atomic mass is 10.00. The van der Waals surface area contributed by atoms with Crippen molar-refractivity contribution < 1.29 is 19.0 Å². The highest BCUT2D eigenvalue weighted by atomic mass is 32.2. The van der Waals surface area contributed by atoms with Crippen molar-refractivity contribution in [3.8, 4) is 28.7 Å². The van der Waals surface area contributed by atoms with E-state index in [0.29, 0.717) is 29.6 Å². The molecule has 9 heteroatoms. The van der Waals surface area contributed by atoms with Crippen molar-refractivity contribution in [2.75, 3.05) is 26.5 Å². The smallest absolute Gasteiger partial charge is 0.233 e. The summed E-state index contributed by atoms with van der Waals surface area (Å²) in [5, 5.41) is 9.74. The SMILES string of the molecule is COc1ccc(Cc2nnc(SCC(=O)N3CCc4ccccc4C3)n2-c2ccc(Oc3ccccc3)cc2)cc1OC. The number of hydrogen-bond acceptors (Lipinski definition) is 7. The Balaban J connectivity index is 1.25. The van der Waals surface area contributed by atoms with Gasteiger partial charge in [-0.2, -0.15) is 0 Å². The number of para-hydroxylation sites is 1. The van der Waals surface area contributed by atoms with Crippen molar-refractivity contribution in [1.82, 2.24) is 19.7 Å². The van der Waals surface area contributed by atoms with E-state index in [9.17, 15) is 4.79 Å². The van der Waals surface area contributed by atoms with Crippen LogP contribution in [0.4, 0.5) is 0 Å². The fourth-order valence-corrected chi connectivity index (χ4v) is 6.03. The number of amides is 1. The third-order valence-electron chi connectivity index (χ3n) is 7.39. The van der Waals surface area contributed by atoms with Gasteiger partial charge in [-0.15, -0.1) is 10.2 Å². The number of fused-ring (bicyclic) bond motifs is 1. The molecular weight excluding hydrogens is 560 g/mol. The number of ether oxygens (including phenoxy) is 3. The van der Waals surface area contributed by atoms with Crippen LogP contribution in [0.2, 0.25) is 0 Å². The van der Waals surface area contributed by atoms with Crippen LogP contribution in [0.1, 0.15) is 22.5 Å². The fourth-order valence-electron chi connectivity index (χ4n) is 5.15. The van der Waals surface area contributed by atoms with E-state index in [1.807, 2.05) is 88.3 Å². The second kappa shape index (κ2) is 13.0. The monoisotopic (exact) mass is 592 g/mol. The Morgan fingerprint density at radius 2 is 1.53 bits per heavy atom. The zero-order valence-electron chi connectivity index (χ0n) is 24.1. The molecular formula is C34H32N4O4S. The highest BCUT2D eigenvalue weighted by Crippen LogP contribution is 2.31. The van der Waals surface area contributed by atoms with Gasteiger partial charge in [0.1, 0.15) is 17.3 Å². The fraction of sp³-hybridized carbons (Fsp3) is 0.206. The minimum atomic E-state index is 0.0853. The van der Waals surface area contributed by atoms with Gasteiger partial charge >= 0.3 is 0 Å². The van der Waals surface area contributed by atoms with Gasteiger partial charge < -0.3 is 19.1 Å². The molecule has 0 aliphatic carbocycles. The molecule has 0 saturated carbocycles. The first-order chi connectivity index (χ1) is 21.1. The normalized spacial score (nSPS) is 12.5. The summed E-state index contributed by atoms with van der Waals surface area (Å²) in [6, 6.07) is 31.6. The molecule has 0 bridgehead atoms. The van der Waals surface area contributed by atoms with Gasteiger partial charge in [-0.05, 0) is 71.6 Å². The number of methoxy groups -OCH3 is 2. The molecule has 2 heterocycles. The summed E-state index contributed by atoms with van der Waals surface area (Å²) in [4.78, 5) is 15.2. The molecule has 43 heavy (non-hydrogen) atoms. The van der Waals surface area contributed by atoms with Gasteiger partial charge in [-0.1, -0.05) is 60.3 Å². The van der Waals surface area contributed by atoms with Crippen molar-refractivity contribution in [3.63, 3.8) is 0 Å². The molecule has 1 aliphatic rings. The van der Waals surface area contributed by atoms with Crippen LogP contribution in [0.3, 0.4) is 0 Å². The van der Waals surface area contributed by atoms with Gasteiger partial charge in [0.2, 0.25) is 5.91 Å². The molecule has 0 radical (unpaired) electrons. The van der Waals surface area contributed by atoms with E-state index in [2.05, 4.69) is 28.4 Å². The summed E-state index contributed by atoms with van der Waals surface area (Å²) >= 11 is 1.40. The minimum Gasteiger partial charge on any atom is -0.493 e. The maximum atomic E-state index is 13.3. The summed E-state index contributed by atoms with van der Waals surface area (Å²) in [6.45, 7) is 1.35. The van der Waals surface area contributed by atoms with Crippen LogP contribution < -0.4 is 14.2 Å². The first kappa shape index (κ1) is 28.4. The minimum absolute atomic E-state index is 0.0853. The Morgan fingerprint density at radius 3 is 2.30 bits per heavy atom. The second-order valence-electron chi connectivity index (χ2n) is 10.1. The van der Waals surface area contributed by atoms with Gasteiger partial charge in [0.15, 0.2) is 16.7 Å². The number of hydrogen-bond donors (Lipinski definition) is 0. The van der Waals surface area contributed by atoms with E-state index in [-0.39, 0.29) is 11.7 Å². The largest absolute Gasteiger partial charge is 0.493 e. The van der Waals surface area contributed by atoms with Crippen molar-refractivity contribution >= 4 is 17.7 Å². The van der Waals surface area contributed by atoms with Crippen LogP contribution in [0.5, 0.6) is 23.0 Å². The summed E-state index contributed by atoms with van der Waals surface area (Å²) in [7, 11) is 3.24. The Morgan fingerprint density at radius 1 is 0.814 bits per heavy atom. The molecule has 8 nitrogen and oxygen atoms in total. The lowest BCUT2D eigenvalue weighted by Gasteiger charge is -2.28. The molecule has 1 aromatic heterocycles. The summed E-state index contributed by atoms with van der Waals surface area (Å²) in [6.07, 6.45) is 1.38. The van der Waals surface area contributed by atoms with Crippen LogP contribution in [0.15, 0.2) is 102 Å². The lowest BCUT2D eigenvalue weighted by molar-refractivity contribution is -0.129. The number of thioether (sulfide) groups is 1. The average molecular weight is 593 g/mol. The summed E-state index contributed by atoms with van der Waals surface area (Å²) in [5.74, 6) is 3.90. The molecule has 0 unspecified atom stereocenters. The van der Waals surface area contributed by atoms with Gasteiger partial charge in [0.05, 0.1) is 20.0 Å². The maximum absolute atomic E-state index is 13.3. The van der Waals surface area contributed by atoms with Gasteiger partial charge in [-0.25, -0.2) is 0 Å². The van der Waals surface area contributed by atoms with Crippen LogP contribution >= 0.6 is 11.8 Å². The molecule has 4 aromatic carbocycles. The molecule has 6 rings (SSSR count). The van der Waals surface area contributed by atoms with Gasteiger partial charge in [0.25, 0.3) is 0 Å². The number of rotatable bonds is 10. The standard InChI is InChI=1S/C34H32N4O4S/c1-40-30-17-12-24(20-31(30)41-2)21-32-35-36-34(43-23-33(39)37-19-18-25-8-6-7-9-26(25)22-37)38(32)27-13-15-29(16-14-27)42-28-10-4-3-5-11-28/h3-17,20H,18-19,21-23H2,1-2H3. The van der Waals surface area contributed by atoms with Crippen LogP contribution in [0, 0.1) is 0 Å². The Labute approximate surface area is 255 Å². The number of carbonyl (C=O) groups is 1. The Hall–Kier alpha value is -4.76. The predicted molar refractivity (Wildman–Crippen MR) is 167 cm³/mol. The number of carbonyl (C=O) groups excluding carboxylic acids is 1. The molecule has 0 fully saturated rings. The lowest BCUT2D eigenvalue weighted by Crippen LogP contribution is -2.37. The molecule has 0 N–H and O–H groups in total. The molecule has 218 valence electrons. The van der Waals surface area contributed by atoms with E-state index in [1.165, 1.54) is 22.9 Å². The number of benzene rings is 4. The topological polar surface area (TPSA) is 78.7 Å². The quantitative estimate of drug-likeness (QED) is 0.175. The highest BCUT2D eigenvalue weighted by molar-refractivity contribution is 7.99. The zero-order chi connectivity index (χ0) is 29.6. The summed E-state index contributed by atoms with van der Waals surface area (Å²) in [5.41, 5.74) is 4.40. The van der Waals surface area contributed by atoms with E-state index in [0.717, 1.165) is 41.5 Å². The van der Waals surface area contributed by atoms with E-state index >= 15 is 0 Å². The average Bonchev–Trinajstić information content (AvgIpc) is 3.46. The van der Waals surface area contributed by atoms with Crippen LogP contribution in [0.25, 0.3) is 5.69 Å². The second-order valence-corrected chi connectivity index (χ2v) is 11.1. The third kappa shape index (κ3) is 6.52. The highest BCUT2D eigenvalue weighted by Gasteiger charge is 2.22. The summed E-state index contributed by atoms with van der Waals surface area (Å²) < 4.78 is 18.9. The number of aromatic nitrogens is 3.